The Hall–Kier alpha value is -1.75. The van der Waals surface area contributed by atoms with E-state index in [2.05, 4.69) is 39.9 Å². The van der Waals surface area contributed by atoms with Crippen molar-refractivity contribution in [2.24, 2.45) is 5.92 Å². The van der Waals surface area contributed by atoms with Gasteiger partial charge < -0.3 is 4.90 Å². The molecule has 1 atom stereocenters. The first-order valence-corrected chi connectivity index (χ1v) is 8.63. The lowest BCUT2D eigenvalue weighted by Gasteiger charge is -2.32. The molecule has 116 valence electrons. The number of likely N-dealkylation sites (tertiary alicyclic amines) is 1. The molecule has 0 bridgehead atoms. The van der Waals surface area contributed by atoms with Crippen molar-refractivity contribution in [2.75, 3.05) is 13.1 Å². The Labute approximate surface area is 135 Å². The van der Waals surface area contributed by atoms with Crippen LogP contribution < -0.4 is 0 Å². The second-order valence-electron chi connectivity index (χ2n) is 5.97. The third kappa shape index (κ3) is 3.53. The number of rotatable bonds is 4. The van der Waals surface area contributed by atoms with Gasteiger partial charge in [-0.05, 0) is 55.6 Å². The summed E-state index contributed by atoms with van der Waals surface area (Å²) in [4.78, 5) is 15.2. The molecule has 0 radical (unpaired) electrons. The molecule has 1 aromatic carbocycles. The molecule has 2 aromatic rings. The van der Waals surface area contributed by atoms with Crippen molar-refractivity contribution in [3.05, 3.63) is 46.5 Å². The summed E-state index contributed by atoms with van der Waals surface area (Å²) in [5, 5.41) is 3.95. The van der Waals surface area contributed by atoms with Crippen molar-refractivity contribution in [1.82, 2.24) is 14.5 Å². The molecule has 5 heteroatoms. The topological polar surface area (TPSA) is 46.1 Å². The Kier molecular flexibility index (Phi) is 4.83. The third-order valence-corrected chi connectivity index (χ3v) is 5.15. The van der Waals surface area contributed by atoms with Crippen molar-refractivity contribution < 1.29 is 4.79 Å². The fourth-order valence-electron chi connectivity index (χ4n) is 3.07. The number of piperidine rings is 1. The number of hydrogen-bond acceptors (Lipinski definition) is 4. The van der Waals surface area contributed by atoms with Crippen LogP contribution in [0.15, 0.2) is 30.3 Å². The van der Waals surface area contributed by atoms with Crippen LogP contribution in [0.1, 0.15) is 40.2 Å². The normalized spacial score (nSPS) is 18.4. The monoisotopic (exact) mass is 315 g/mol. The van der Waals surface area contributed by atoms with Gasteiger partial charge in [0, 0.05) is 13.1 Å². The highest BCUT2D eigenvalue weighted by molar-refractivity contribution is 7.07. The number of benzene rings is 1. The van der Waals surface area contributed by atoms with Crippen LogP contribution in [0.2, 0.25) is 0 Å². The summed E-state index contributed by atoms with van der Waals surface area (Å²) in [7, 11) is 0. The average Bonchev–Trinajstić information content (AvgIpc) is 2.99. The number of aromatic nitrogens is 2. The summed E-state index contributed by atoms with van der Waals surface area (Å²) in [6.45, 7) is 3.58. The molecule has 0 unspecified atom stereocenters. The smallest absolute Gasteiger partial charge is 0.267 e. The quantitative estimate of drug-likeness (QED) is 0.869. The van der Waals surface area contributed by atoms with Crippen LogP contribution in [0.25, 0.3) is 0 Å². The maximum absolute atomic E-state index is 12.6. The zero-order chi connectivity index (χ0) is 15.4. The van der Waals surface area contributed by atoms with Crippen LogP contribution in [-0.2, 0) is 6.42 Å². The Morgan fingerprint density at radius 1 is 1.36 bits per heavy atom. The van der Waals surface area contributed by atoms with Gasteiger partial charge in [-0.2, -0.15) is 0 Å². The minimum atomic E-state index is 0.108. The predicted molar refractivity (Wildman–Crippen MR) is 88.0 cm³/mol. The minimum Gasteiger partial charge on any atom is -0.338 e. The molecular formula is C17H21N3OS. The third-order valence-electron chi connectivity index (χ3n) is 4.34. The van der Waals surface area contributed by atoms with Crippen LogP contribution in [0.3, 0.4) is 0 Å². The van der Waals surface area contributed by atoms with E-state index in [4.69, 9.17) is 0 Å². The molecule has 0 aliphatic carbocycles. The maximum atomic E-state index is 12.6. The van der Waals surface area contributed by atoms with Gasteiger partial charge in [-0.3, -0.25) is 4.79 Å². The number of aryl methyl sites for hydroxylation is 2. The van der Waals surface area contributed by atoms with Gasteiger partial charge in [-0.25, -0.2) is 0 Å². The summed E-state index contributed by atoms with van der Waals surface area (Å²) in [6, 6.07) is 10.6. The molecule has 1 amide bonds. The number of hydrogen-bond donors (Lipinski definition) is 0. The maximum Gasteiger partial charge on any atom is 0.267 e. The molecule has 1 fully saturated rings. The Morgan fingerprint density at radius 2 is 2.18 bits per heavy atom. The molecule has 3 rings (SSSR count). The van der Waals surface area contributed by atoms with Crippen molar-refractivity contribution in [2.45, 2.75) is 32.6 Å². The second kappa shape index (κ2) is 7.01. The number of amides is 1. The molecule has 4 nitrogen and oxygen atoms in total. The summed E-state index contributed by atoms with van der Waals surface area (Å²) in [5.41, 5.74) is 2.13. The molecule has 1 saturated heterocycles. The summed E-state index contributed by atoms with van der Waals surface area (Å²) >= 11 is 1.21. The predicted octanol–water partition coefficient (Wildman–Crippen LogP) is 3.33. The average molecular weight is 315 g/mol. The lowest BCUT2D eigenvalue weighted by atomic mass is 9.91. The Balaban J connectivity index is 1.57. The molecule has 0 N–H and O–H groups in total. The first-order chi connectivity index (χ1) is 10.7. The highest BCUT2D eigenvalue weighted by Crippen LogP contribution is 2.24. The van der Waals surface area contributed by atoms with Crippen molar-refractivity contribution in [1.29, 1.82) is 0 Å². The highest BCUT2D eigenvalue weighted by Gasteiger charge is 2.26. The van der Waals surface area contributed by atoms with Crippen molar-refractivity contribution in [3.8, 4) is 0 Å². The lowest BCUT2D eigenvalue weighted by molar-refractivity contribution is 0.0672. The zero-order valence-corrected chi connectivity index (χ0v) is 13.7. The van der Waals surface area contributed by atoms with Gasteiger partial charge in [0.1, 0.15) is 4.88 Å². The van der Waals surface area contributed by atoms with Gasteiger partial charge in [0.25, 0.3) is 5.91 Å². The number of carbonyl (C=O) groups excluding carboxylic acids is 1. The number of carbonyl (C=O) groups is 1. The largest absolute Gasteiger partial charge is 0.338 e. The van der Waals surface area contributed by atoms with Gasteiger partial charge in [0.15, 0.2) is 0 Å². The minimum absolute atomic E-state index is 0.108. The van der Waals surface area contributed by atoms with E-state index in [1.807, 2.05) is 11.8 Å². The van der Waals surface area contributed by atoms with Gasteiger partial charge >= 0.3 is 0 Å². The van der Waals surface area contributed by atoms with Gasteiger partial charge in [-0.1, -0.05) is 34.8 Å². The fraction of sp³-hybridized carbons (Fsp3) is 0.471. The fourth-order valence-corrected chi connectivity index (χ4v) is 3.70. The first-order valence-electron chi connectivity index (χ1n) is 7.86. The van der Waals surface area contributed by atoms with E-state index >= 15 is 0 Å². The van der Waals surface area contributed by atoms with Crippen LogP contribution in [0.5, 0.6) is 0 Å². The molecule has 0 spiro atoms. The zero-order valence-electron chi connectivity index (χ0n) is 12.9. The van der Waals surface area contributed by atoms with Crippen LogP contribution in [0.4, 0.5) is 0 Å². The van der Waals surface area contributed by atoms with Crippen molar-refractivity contribution in [3.63, 3.8) is 0 Å². The van der Waals surface area contributed by atoms with Crippen LogP contribution in [0, 0.1) is 12.8 Å². The van der Waals surface area contributed by atoms with Gasteiger partial charge in [0.05, 0.1) is 5.69 Å². The summed E-state index contributed by atoms with van der Waals surface area (Å²) in [5.74, 6) is 0.705. The molecule has 1 aromatic heterocycles. The van der Waals surface area contributed by atoms with E-state index in [1.165, 1.54) is 23.5 Å². The van der Waals surface area contributed by atoms with Crippen LogP contribution in [-0.4, -0.2) is 33.5 Å². The van der Waals surface area contributed by atoms with Crippen molar-refractivity contribution >= 4 is 17.4 Å². The molecule has 1 aliphatic rings. The lowest BCUT2D eigenvalue weighted by Crippen LogP contribution is -2.40. The second-order valence-corrected chi connectivity index (χ2v) is 6.73. The van der Waals surface area contributed by atoms with E-state index in [0.717, 1.165) is 38.0 Å². The van der Waals surface area contributed by atoms with E-state index in [0.29, 0.717) is 10.8 Å². The SMILES string of the molecule is Cc1nnsc1C(=O)N1CCC[C@H](CCc2ccccc2)C1. The molecule has 0 saturated carbocycles. The Morgan fingerprint density at radius 3 is 2.91 bits per heavy atom. The Bertz CT molecular complexity index is 626. The van der Waals surface area contributed by atoms with Gasteiger partial charge in [-0.15, -0.1) is 5.10 Å². The van der Waals surface area contributed by atoms with Crippen LogP contribution >= 0.6 is 11.5 Å². The van der Waals surface area contributed by atoms with E-state index < -0.39 is 0 Å². The molecular weight excluding hydrogens is 294 g/mol. The first kappa shape index (κ1) is 15.2. The summed E-state index contributed by atoms with van der Waals surface area (Å²) in [6.07, 6.45) is 4.55. The van der Waals surface area contributed by atoms with E-state index in [-0.39, 0.29) is 5.91 Å². The van der Waals surface area contributed by atoms with E-state index in [1.54, 1.807) is 0 Å². The number of nitrogens with zero attached hydrogens (tertiary/aromatic N) is 3. The van der Waals surface area contributed by atoms with Gasteiger partial charge in [0.2, 0.25) is 0 Å². The standard InChI is InChI=1S/C17H21N3OS/c1-13-16(22-19-18-13)17(21)20-11-5-8-15(12-20)10-9-14-6-3-2-4-7-14/h2-4,6-7,15H,5,8-12H2,1H3/t15-/m1/s1. The molecule has 1 aliphatic heterocycles. The summed E-state index contributed by atoms with van der Waals surface area (Å²) < 4.78 is 3.88. The molecule has 22 heavy (non-hydrogen) atoms. The van der Waals surface area contributed by atoms with E-state index in [9.17, 15) is 4.79 Å². The molecule has 2 heterocycles. The highest BCUT2D eigenvalue weighted by atomic mass is 32.1.